The monoisotopic (exact) mass is 570 g/mol. The molecule has 2 unspecified atom stereocenters. The molecular formula is C25H20F6N4O3S. The summed E-state index contributed by atoms with van der Waals surface area (Å²) in [6.45, 7) is 0.437. The fourth-order valence-electron chi connectivity index (χ4n) is 4.65. The Labute approximate surface area is 221 Å². The number of amides is 2. The Kier molecular flexibility index (Phi) is 6.97. The fourth-order valence-corrected chi connectivity index (χ4v) is 5.53. The number of alkyl halides is 6. The molecule has 2 aliphatic rings. The van der Waals surface area contributed by atoms with Crippen LogP contribution >= 0.6 is 11.8 Å². The standard InChI is InChI=1S/C25H20F6N4O3S/c26-24(27,28)16-3-2-14(17(9-16)25(29,30)31)12-34-18-4-1-13(7-15(18)10-33-34)8-21-22(37)35(23(38)39-21)19-11-32-6-5-20(19)36/h1-4,7-10,19-20,32,36H,5-6,11-12H2. The number of thioether (sulfide) groups is 1. The number of nitrogens with zero attached hydrogens (tertiary/aromatic N) is 3. The van der Waals surface area contributed by atoms with Gasteiger partial charge >= 0.3 is 12.4 Å². The molecule has 39 heavy (non-hydrogen) atoms. The van der Waals surface area contributed by atoms with Crippen molar-refractivity contribution >= 4 is 39.9 Å². The maximum atomic E-state index is 13.6. The van der Waals surface area contributed by atoms with Crippen molar-refractivity contribution in [2.24, 2.45) is 0 Å². The Hall–Kier alpha value is -3.36. The van der Waals surface area contributed by atoms with Crippen LogP contribution in [-0.2, 0) is 23.7 Å². The summed E-state index contributed by atoms with van der Waals surface area (Å²) in [6, 6.07) is 5.58. The molecule has 7 nitrogen and oxygen atoms in total. The largest absolute Gasteiger partial charge is 0.416 e. The summed E-state index contributed by atoms with van der Waals surface area (Å²) in [7, 11) is 0. The molecule has 0 saturated carbocycles. The molecule has 2 amide bonds. The van der Waals surface area contributed by atoms with Gasteiger partial charge in [-0.3, -0.25) is 19.2 Å². The average Bonchev–Trinajstić information content (AvgIpc) is 3.37. The van der Waals surface area contributed by atoms with Gasteiger partial charge in [0.2, 0.25) is 0 Å². The topological polar surface area (TPSA) is 87.5 Å². The molecule has 0 bridgehead atoms. The maximum Gasteiger partial charge on any atom is 0.416 e. The first-order valence-corrected chi connectivity index (χ1v) is 12.5. The highest BCUT2D eigenvalue weighted by molar-refractivity contribution is 8.18. The molecule has 2 N–H and O–H groups in total. The summed E-state index contributed by atoms with van der Waals surface area (Å²) in [5.74, 6) is -0.532. The van der Waals surface area contributed by atoms with Gasteiger partial charge in [-0.25, -0.2) is 0 Å². The number of carbonyl (C=O) groups excluding carboxylic acids is 2. The molecule has 5 rings (SSSR count). The normalized spacial score (nSPS) is 21.9. The van der Waals surface area contributed by atoms with E-state index in [9.17, 15) is 41.0 Å². The van der Waals surface area contributed by atoms with Crippen LogP contribution in [0.1, 0.15) is 28.7 Å². The van der Waals surface area contributed by atoms with Gasteiger partial charge in [-0.2, -0.15) is 31.4 Å². The number of rotatable bonds is 4. The predicted molar refractivity (Wildman–Crippen MR) is 130 cm³/mol. The number of aromatic nitrogens is 2. The highest BCUT2D eigenvalue weighted by Crippen LogP contribution is 2.38. The first-order chi connectivity index (χ1) is 18.3. The van der Waals surface area contributed by atoms with Gasteiger partial charge in [-0.15, -0.1) is 0 Å². The highest BCUT2D eigenvalue weighted by Gasteiger charge is 2.43. The zero-order valence-electron chi connectivity index (χ0n) is 19.9. The van der Waals surface area contributed by atoms with Crippen molar-refractivity contribution in [2.45, 2.75) is 37.5 Å². The molecule has 3 aromatic rings. The second-order valence-electron chi connectivity index (χ2n) is 9.17. The molecule has 2 aromatic carbocycles. The van der Waals surface area contributed by atoms with Crippen LogP contribution in [0.3, 0.4) is 0 Å². The smallest absolute Gasteiger partial charge is 0.391 e. The third-order valence-electron chi connectivity index (χ3n) is 6.60. The lowest BCUT2D eigenvalue weighted by atomic mass is 10.0. The first kappa shape index (κ1) is 27.2. The van der Waals surface area contributed by atoms with Gasteiger partial charge in [0, 0.05) is 11.9 Å². The number of piperidine rings is 1. The van der Waals surface area contributed by atoms with Crippen molar-refractivity contribution in [1.29, 1.82) is 0 Å². The maximum absolute atomic E-state index is 13.6. The number of nitrogens with one attached hydrogen (secondary N) is 1. The Balaban J connectivity index is 1.40. The van der Waals surface area contributed by atoms with E-state index in [2.05, 4.69) is 10.4 Å². The zero-order valence-corrected chi connectivity index (χ0v) is 20.7. The molecular weight excluding hydrogens is 550 g/mol. The Morgan fingerprint density at radius 3 is 2.54 bits per heavy atom. The van der Waals surface area contributed by atoms with E-state index in [0.717, 1.165) is 22.7 Å². The van der Waals surface area contributed by atoms with E-state index in [1.165, 1.54) is 17.0 Å². The van der Waals surface area contributed by atoms with Crippen molar-refractivity contribution in [1.82, 2.24) is 20.0 Å². The van der Waals surface area contributed by atoms with Crippen molar-refractivity contribution in [3.63, 3.8) is 0 Å². The van der Waals surface area contributed by atoms with Crippen LogP contribution in [0.5, 0.6) is 0 Å². The lowest BCUT2D eigenvalue weighted by Gasteiger charge is -2.33. The van der Waals surface area contributed by atoms with Crippen LogP contribution in [0.15, 0.2) is 47.5 Å². The molecule has 206 valence electrons. The van der Waals surface area contributed by atoms with Gasteiger partial charge in [0.25, 0.3) is 11.1 Å². The van der Waals surface area contributed by atoms with Gasteiger partial charge in [-0.05, 0) is 66.2 Å². The third kappa shape index (κ3) is 5.40. The molecule has 2 atom stereocenters. The molecule has 0 spiro atoms. The highest BCUT2D eigenvalue weighted by atomic mass is 32.2. The quantitative estimate of drug-likeness (QED) is 0.344. The minimum atomic E-state index is -5.00. The Morgan fingerprint density at radius 1 is 1.08 bits per heavy atom. The molecule has 14 heteroatoms. The number of imide groups is 1. The first-order valence-electron chi connectivity index (χ1n) is 11.7. The summed E-state index contributed by atoms with van der Waals surface area (Å²) in [6.07, 6.45) is -7.46. The van der Waals surface area contributed by atoms with Gasteiger partial charge < -0.3 is 10.4 Å². The summed E-state index contributed by atoms with van der Waals surface area (Å²) < 4.78 is 80.9. The lowest BCUT2D eigenvalue weighted by molar-refractivity contribution is -0.143. The van der Waals surface area contributed by atoms with E-state index >= 15 is 0 Å². The summed E-state index contributed by atoms with van der Waals surface area (Å²) in [4.78, 5) is 26.7. The van der Waals surface area contributed by atoms with E-state index in [0.29, 0.717) is 35.5 Å². The average molecular weight is 571 g/mol. The molecule has 1 aromatic heterocycles. The van der Waals surface area contributed by atoms with Gasteiger partial charge in [0.1, 0.15) is 0 Å². The molecule has 3 heterocycles. The number of hydrogen-bond acceptors (Lipinski definition) is 6. The van der Waals surface area contributed by atoms with Crippen LogP contribution in [0.25, 0.3) is 17.0 Å². The number of aliphatic hydroxyl groups is 1. The number of benzene rings is 2. The summed E-state index contributed by atoms with van der Waals surface area (Å²) >= 11 is 0.744. The minimum absolute atomic E-state index is 0.0918. The second kappa shape index (κ2) is 9.99. The number of halogens is 6. The molecule has 0 aliphatic carbocycles. The van der Waals surface area contributed by atoms with E-state index in [1.54, 1.807) is 18.2 Å². The SMILES string of the molecule is O=C1SC(=Cc2ccc3c(cnn3Cc3ccc(C(F)(F)F)cc3C(F)(F)F)c2)C(=O)N1C1CNCCC1O. The zero-order chi connectivity index (χ0) is 28.1. The van der Waals surface area contributed by atoms with Crippen molar-refractivity contribution < 1.29 is 41.0 Å². The molecule has 2 saturated heterocycles. The molecule has 2 aliphatic heterocycles. The van der Waals surface area contributed by atoms with Gasteiger partial charge in [0.05, 0.1) is 46.4 Å². The van der Waals surface area contributed by atoms with Gasteiger partial charge in [-0.1, -0.05) is 12.1 Å². The van der Waals surface area contributed by atoms with Crippen molar-refractivity contribution in [2.75, 3.05) is 13.1 Å². The van der Waals surface area contributed by atoms with E-state index in [1.807, 2.05) is 0 Å². The lowest BCUT2D eigenvalue weighted by Crippen LogP contribution is -2.55. The Morgan fingerprint density at radius 2 is 1.85 bits per heavy atom. The summed E-state index contributed by atoms with van der Waals surface area (Å²) in [5.41, 5.74) is -2.22. The van der Waals surface area contributed by atoms with E-state index < -0.39 is 53.3 Å². The summed E-state index contributed by atoms with van der Waals surface area (Å²) in [5, 5.41) is 17.4. The minimum Gasteiger partial charge on any atom is -0.391 e. The van der Waals surface area contributed by atoms with Crippen LogP contribution in [0, 0.1) is 0 Å². The van der Waals surface area contributed by atoms with E-state index in [-0.39, 0.29) is 23.1 Å². The third-order valence-corrected chi connectivity index (χ3v) is 7.48. The van der Waals surface area contributed by atoms with Gasteiger partial charge in [0.15, 0.2) is 0 Å². The Bertz CT molecular complexity index is 1480. The predicted octanol–water partition coefficient (Wildman–Crippen LogP) is 4.88. The molecule has 0 radical (unpaired) electrons. The van der Waals surface area contributed by atoms with Crippen LogP contribution in [-0.4, -0.2) is 56.2 Å². The fraction of sp³-hybridized carbons (Fsp3) is 0.320. The van der Waals surface area contributed by atoms with Crippen molar-refractivity contribution in [3.8, 4) is 0 Å². The second-order valence-corrected chi connectivity index (χ2v) is 10.2. The number of aliphatic hydroxyl groups excluding tert-OH is 1. The van der Waals surface area contributed by atoms with Crippen LogP contribution < -0.4 is 5.32 Å². The van der Waals surface area contributed by atoms with E-state index in [4.69, 9.17) is 0 Å². The van der Waals surface area contributed by atoms with Crippen LogP contribution in [0.4, 0.5) is 31.1 Å². The number of carbonyl (C=O) groups is 2. The number of hydrogen-bond donors (Lipinski definition) is 2. The van der Waals surface area contributed by atoms with Crippen LogP contribution in [0.2, 0.25) is 0 Å². The number of fused-ring (bicyclic) bond motifs is 1. The molecule has 2 fully saturated rings. The van der Waals surface area contributed by atoms with Crippen molar-refractivity contribution in [3.05, 3.63) is 69.8 Å².